The predicted molar refractivity (Wildman–Crippen MR) is 105 cm³/mol. The third-order valence-corrected chi connectivity index (χ3v) is 5.23. The average molecular weight is 410 g/mol. The molecule has 5 rings (SSSR count). The van der Waals surface area contributed by atoms with Gasteiger partial charge in [0.1, 0.15) is 5.82 Å². The van der Waals surface area contributed by atoms with Crippen LogP contribution in [0, 0.1) is 5.82 Å². The quantitative estimate of drug-likeness (QED) is 0.702. The maximum absolute atomic E-state index is 13.8. The summed E-state index contributed by atoms with van der Waals surface area (Å²) in [5.41, 5.74) is 0.899. The highest BCUT2D eigenvalue weighted by molar-refractivity contribution is 5.89. The number of nitrogens with zero attached hydrogens (tertiary/aromatic N) is 3. The van der Waals surface area contributed by atoms with Crippen LogP contribution in [0.3, 0.4) is 0 Å². The number of fused-ring (bicyclic) bond motifs is 1. The van der Waals surface area contributed by atoms with Crippen LogP contribution in [0.25, 0.3) is 11.5 Å². The van der Waals surface area contributed by atoms with Crippen LogP contribution in [0.2, 0.25) is 0 Å². The second-order valence-electron chi connectivity index (χ2n) is 7.21. The Morgan fingerprint density at radius 2 is 2.00 bits per heavy atom. The topological polar surface area (TPSA) is 89.7 Å². The molecule has 1 unspecified atom stereocenters. The number of hydrogen-bond donors (Lipinski definition) is 1. The number of ether oxygens (including phenoxy) is 2. The summed E-state index contributed by atoms with van der Waals surface area (Å²) in [6, 6.07) is 11.2. The fraction of sp³-hybridized carbons (Fsp3) is 0.286. The zero-order chi connectivity index (χ0) is 20.5. The molecule has 1 saturated heterocycles. The van der Waals surface area contributed by atoms with Crippen molar-refractivity contribution < 1.29 is 23.1 Å². The second-order valence-corrected chi connectivity index (χ2v) is 7.21. The van der Waals surface area contributed by atoms with Crippen LogP contribution >= 0.6 is 0 Å². The predicted octanol–water partition coefficient (Wildman–Crippen LogP) is 4.02. The highest BCUT2D eigenvalue weighted by atomic mass is 19.1. The number of halogens is 1. The van der Waals surface area contributed by atoms with Crippen molar-refractivity contribution in [2.45, 2.75) is 18.8 Å². The number of benzene rings is 2. The first-order chi connectivity index (χ1) is 14.7. The standard InChI is InChI=1S/C21H19FN4O4/c22-15-5-1-2-6-16(15)23-21(27)26-9-3-4-14(11-26)20-25-24-19(30-20)13-7-8-17-18(10-13)29-12-28-17/h1-2,5-8,10,14H,3-4,9,11-12H2,(H,23,27). The number of urea groups is 1. The summed E-state index contributed by atoms with van der Waals surface area (Å²) in [5, 5.41) is 11.0. The lowest BCUT2D eigenvalue weighted by Gasteiger charge is -2.31. The average Bonchev–Trinajstić information content (AvgIpc) is 3.44. The molecule has 154 valence electrons. The molecular formula is C21H19FN4O4. The number of para-hydroxylation sites is 1. The van der Waals surface area contributed by atoms with Gasteiger partial charge in [0.05, 0.1) is 11.6 Å². The first kappa shape index (κ1) is 18.4. The van der Waals surface area contributed by atoms with Gasteiger partial charge in [-0.15, -0.1) is 10.2 Å². The van der Waals surface area contributed by atoms with E-state index in [0.29, 0.717) is 36.4 Å². The van der Waals surface area contributed by atoms with Crippen molar-refractivity contribution >= 4 is 11.7 Å². The zero-order valence-corrected chi connectivity index (χ0v) is 16.0. The lowest BCUT2D eigenvalue weighted by Crippen LogP contribution is -2.41. The van der Waals surface area contributed by atoms with Gasteiger partial charge >= 0.3 is 6.03 Å². The van der Waals surface area contributed by atoms with Gasteiger partial charge < -0.3 is 24.1 Å². The maximum Gasteiger partial charge on any atom is 0.321 e. The molecule has 3 aromatic rings. The Morgan fingerprint density at radius 3 is 2.90 bits per heavy atom. The highest BCUT2D eigenvalue weighted by Gasteiger charge is 2.29. The number of carbonyl (C=O) groups is 1. The van der Waals surface area contributed by atoms with Gasteiger partial charge in [0.15, 0.2) is 11.5 Å². The van der Waals surface area contributed by atoms with Crippen molar-refractivity contribution in [3.05, 3.63) is 54.2 Å². The molecule has 0 bridgehead atoms. The Balaban J connectivity index is 1.28. The molecular weight excluding hydrogens is 391 g/mol. The highest BCUT2D eigenvalue weighted by Crippen LogP contribution is 2.36. The molecule has 1 fully saturated rings. The molecule has 0 radical (unpaired) electrons. The van der Waals surface area contributed by atoms with Crippen LogP contribution in [-0.4, -0.2) is 41.0 Å². The molecule has 30 heavy (non-hydrogen) atoms. The molecule has 2 aliphatic heterocycles. The van der Waals surface area contributed by atoms with Crippen molar-refractivity contribution in [1.29, 1.82) is 0 Å². The molecule has 0 aliphatic carbocycles. The van der Waals surface area contributed by atoms with E-state index in [1.54, 1.807) is 29.2 Å². The summed E-state index contributed by atoms with van der Waals surface area (Å²) >= 11 is 0. The molecule has 2 aromatic carbocycles. The fourth-order valence-electron chi connectivity index (χ4n) is 3.67. The third kappa shape index (κ3) is 3.54. The van der Waals surface area contributed by atoms with Gasteiger partial charge in [-0.05, 0) is 43.2 Å². The third-order valence-electron chi connectivity index (χ3n) is 5.23. The summed E-state index contributed by atoms with van der Waals surface area (Å²) in [5.74, 6) is 1.63. The van der Waals surface area contributed by atoms with Crippen molar-refractivity contribution in [2.24, 2.45) is 0 Å². The minimum atomic E-state index is -0.468. The lowest BCUT2D eigenvalue weighted by molar-refractivity contribution is 0.174. The van der Waals surface area contributed by atoms with Crippen molar-refractivity contribution in [3.8, 4) is 23.0 Å². The zero-order valence-electron chi connectivity index (χ0n) is 16.0. The first-order valence-corrected chi connectivity index (χ1v) is 9.71. The number of anilines is 1. The molecule has 3 heterocycles. The van der Waals surface area contributed by atoms with Crippen molar-refractivity contribution in [1.82, 2.24) is 15.1 Å². The van der Waals surface area contributed by atoms with Crippen LogP contribution in [0.1, 0.15) is 24.7 Å². The van der Waals surface area contributed by atoms with Gasteiger partial charge in [0.2, 0.25) is 18.6 Å². The molecule has 9 heteroatoms. The van der Waals surface area contributed by atoms with E-state index in [2.05, 4.69) is 15.5 Å². The summed E-state index contributed by atoms with van der Waals surface area (Å²) in [7, 11) is 0. The lowest BCUT2D eigenvalue weighted by atomic mass is 9.98. The number of hydrogen-bond acceptors (Lipinski definition) is 6. The van der Waals surface area contributed by atoms with E-state index in [1.165, 1.54) is 12.1 Å². The van der Waals surface area contributed by atoms with Crippen molar-refractivity contribution in [2.75, 3.05) is 25.2 Å². The smallest absolute Gasteiger partial charge is 0.321 e. The normalized spacial score (nSPS) is 17.8. The number of carbonyl (C=O) groups excluding carboxylic acids is 1. The molecule has 0 saturated carbocycles. The minimum Gasteiger partial charge on any atom is -0.454 e. The maximum atomic E-state index is 13.8. The van der Waals surface area contributed by atoms with Crippen LogP contribution < -0.4 is 14.8 Å². The van der Waals surface area contributed by atoms with Gasteiger partial charge in [-0.2, -0.15) is 0 Å². The van der Waals surface area contributed by atoms with Crippen LogP contribution in [0.5, 0.6) is 11.5 Å². The van der Waals surface area contributed by atoms with Gasteiger partial charge in [-0.1, -0.05) is 12.1 Å². The Morgan fingerprint density at radius 1 is 1.13 bits per heavy atom. The number of rotatable bonds is 3. The fourth-order valence-corrected chi connectivity index (χ4v) is 3.67. The molecule has 2 aliphatic rings. The van der Waals surface area contributed by atoms with Crippen LogP contribution in [0.15, 0.2) is 46.9 Å². The van der Waals surface area contributed by atoms with Gasteiger partial charge in [0.25, 0.3) is 0 Å². The molecule has 1 N–H and O–H groups in total. The number of piperidine rings is 1. The van der Waals surface area contributed by atoms with E-state index in [-0.39, 0.29) is 24.4 Å². The molecule has 0 spiro atoms. The monoisotopic (exact) mass is 410 g/mol. The SMILES string of the molecule is O=C(Nc1ccccc1F)N1CCCC(c2nnc(-c3ccc4c(c3)OCO4)o2)C1. The molecule has 2 amide bonds. The number of nitrogens with one attached hydrogen (secondary N) is 1. The minimum absolute atomic E-state index is 0.0830. The van der Waals surface area contributed by atoms with E-state index in [1.807, 2.05) is 6.07 Å². The summed E-state index contributed by atoms with van der Waals surface area (Å²) < 4.78 is 30.4. The van der Waals surface area contributed by atoms with E-state index in [9.17, 15) is 9.18 Å². The summed E-state index contributed by atoms with van der Waals surface area (Å²) in [6.45, 7) is 1.20. The van der Waals surface area contributed by atoms with Crippen LogP contribution in [-0.2, 0) is 0 Å². The number of aromatic nitrogens is 2. The molecule has 1 aromatic heterocycles. The molecule has 1 atom stereocenters. The van der Waals surface area contributed by atoms with Crippen LogP contribution in [0.4, 0.5) is 14.9 Å². The molecule has 8 nitrogen and oxygen atoms in total. The Labute approximate surface area is 171 Å². The first-order valence-electron chi connectivity index (χ1n) is 9.71. The Bertz CT molecular complexity index is 1090. The second kappa shape index (κ2) is 7.66. The Hall–Kier alpha value is -3.62. The van der Waals surface area contributed by atoms with Crippen molar-refractivity contribution in [3.63, 3.8) is 0 Å². The van der Waals surface area contributed by atoms with Gasteiger partial charge in [-0.25, -0.2) is 9.18 Å². The van der Waals surface area contributed by atoms with Gasteiger partial charge in [0, 0.05) is 18.7 Å². The summed E-state index contributed by atoms with van der Waals surface area (Å²) in [6.07, 6.45) is 1.61. The number of amides is 2. The van der Waals surface area contributed by atoms with E-state index >= 15 is 0 Å². The summed E-state index contributed by atoms with van der Waals surface area (Å²) in [4.78, 5) is 14.2. The van der Waals surface area contributed by atoms with E-state index < -0.39 is 5.82 Å². The van der Waals surface area contributed by atoms with Gasteiger partial charge in [-0.3, -0.25) is 0 Å². The van der Waals surface area contributed by atoms with E-state index in [0.717, 1.165) is 18.4 Å². The number of likely N-dealkylation sites (tertiary alicyclic amines) is 1. The van der Waals surface area contributed by atoms with E-state index in [4.69, 9.17) is 13.9 Å². The Kier molecular flexibility index (Phi) is 4.70. The largest absolute Gasteiger partial charge is 0.454 e.